The summed E-state index contributed by atoms with van der Waals surface area (Å²) in [6.45, 7) is 5.32. The number of hydroxylamine groups is 1. The van der Waals surface area contributed by atoms with E-state index in [9.17, 15) is 13.2 Å². The zero-order chi connectivity index (χ0) is 14.8. The molecular formula is C12H16ClNO4S. The van der Waals surface area contributed by atoms with Crippen LogP contribution in [0.4, 0.5) is 0 Å². The Hall–Kier alpha value is -1.11. The van der Waals surface area contributed by atoms with Gasteiger partial charge in [0.1, 0.15) is 0 Å². The fourth-order valence-corrected chi connectivity index (χ4v) is 2.49. The molecule has 0 aliphatic heterocycles. The highest BCUT2D eigenvalue weighted by atomic mass is 35.5. The monoisotopic (exact) mass is 305 g/mol. The number of carbonyl (C=O) groups is 1. The van der Waals surface area contributed by atoms with Gasteiger partial charge in [-0.05, 0) is 39.0 Å². The van der Waals surface area contributed by atoms with E-state index in [1.54, 1.807) is 20.8 Å². The molecule has 0 bridgehead atoms. The zero-order valence-corrected chi connectivity index (χ0v) is 12.7. The smallest absolute Gasteiger partial charge is 0.268 e. The highest BCUT2D eigenvalue weighted by Gasteiger charge is 2.18. The second kappa shape index (κ2) is 5.48. The average Bonchev–Trinajstić information content (AvgIpc) is 2.24. The van der Waals surface area contributed by atoms with E-state index in [0.29, 0.717) is 0 Å². The normalized spacial score (nSPS) is 12.3. The third kappa shape index (κ3) is 4.81. The molecule has 0 fully saturated rings. The Kier molecular flexibility index (Phi) is 4.60. The van der Waals surface area contributed by atoms with Crippen molar-refractivity contribution >= 4 is 27.3 Å². The van der Waals surface area contributed by atoms with Gasteiger partial charge in [-0.2, -0.15) is 0 Å². The van der Waals surface area contributed by atoms with Gasteiger partial charge in [-0.3, -0.25) is 9.63 Å². The molecule has 1 rings (SSSR count). The summed E-state index contributed by atoms with van der Waals surface area (Å²) in [6, 6.07) is 4.02. The van der Waals surface area contributed by atoms with Crippen molar-refractivity contribution in [2.24, 2.45) is 0 Å². The van der Waals surface area contributed by atoms with Gasteiger partial charge in [-0.25, -0.2) is 13.9 Å². The van der Waals surface area contributed by atoms with Crippen molar-refractivity contribution in [2.75, 3.05) is 6.26 Å². The number of halogens is 1. The van der Waals surface area contributed by atoms with Crippen LogP contribution in [0.1, 0.15) is 31.1 Å². The molecule has 19 heavy (non-hydrogen) atoms. The molecule has 0 saturated carbocycles. The van der Waals surface area contributed by atoms with Gasteiger partial charge in [0.05, 0.1) is 15.5 Å². The highest BCUT2D eigenvalue weighted by Crippen LogP contribution is 2.22. The summed E-state index contributed by atoms with van der Waals surface area (Å²) in [6.07, 6.45) is 1.03. The van der Waals surface area contributed by atoms with E-state index in [2.05, 4.69) is 5.48 Å². The number of nitrogens with one attached hydrogen (secondary N) is 1. The lowest BCUT2D eigenvalue weighted by atomic mass is 10.2. The number of hydrogen-bond donors (Lipinski definition) is 1. The Morgan fingerprint density at radius 3 is 2.37 bits per heavy atom. The summed E-state index contributed by atoms with van der Waals surface area (Å²) in [5, 5.41) is 0.0794. The maximum absolute atomic E-state index is 11.8. The quantitative estimate of drug-likeness (QED) is 0.869. The molecule has 1 amide bonds. The minimum atomic E-state index is -3.49. The Balaban J connectivity index is 3.00. The Morgan fingerprint density at radius 2 is 1.89 bits per heavy atom. The standard InChI is InChI=1S/C12H16ClNO4S/c1-12(2,3)18-14-11(15)8-5-6-9(13)10(7-8)19(4,16)17/h5-7H,1-4H3,(H,14,15). The van der Waals surface area contributed by atoms with Gasteiger partial charge in [0.25, 0.3) is 5.91 Å². The molecule has 7 heteroatoms. The van der Waals surface area contributed by atoms with Crippen LogP contribution in [0.15, 0.2) is 23.1 Å². The molecule has 0 aliphatic rings. The van der Waals surface area contributed by atoms with E-state index in [1.165, 1.54) is 18.2 Å². The lowest BCUT2D eigenvalue weighted by Crippen LogP contribution is -2.33. The van der Waals surface area contributed by atoms with Gasteiger partial charge in [0, 0.05) is 11.8 Å². The third-order valence-corrected chi connectivity index (χ3v) is 3.62. The number of hydrogen-bond acceptors (Lipinski definition) is 4. The van der Waals surface area contributed by atoms with Gasteiger partial charge >= 0.3 is 0 Å². The van der Waals surface area contributed by atoms with Crippen LogP contribution in [0.3, 0.4) is 0 Å². The van der Waals surface area contributed by atoms with Crippen molar-refractivity contribution < 1.29 is 18.0 Å². The summed E-state index contributed by atoms with van der Waals surface area (Å²) in [5.74, 6) is -0.531. The predicted octanol–water partition coefficient (Wildman–Crippen LogP) is 2.20. The molecule has 106 valence electrons. The Bertz CT molecular complexity index is 590. The maximum Gasteiger partial charge on any atom is 0.274 e. The van der Waals surface area contributed by atoms with E-state index in [1.807, 2.05) is 0 Å². The molecule has 0 saturated heterocycles. The van der Waals surface area contributed by atoms with Crippen LogP contribution >= 0.6 is 11.6 Å². The second-order valence-corrected chi connectivity index (χ2v) is 7.45. The first-order valence-corrected chi connectivity index (χ1v) is 7.75. The summed E-state index contributed by atoms with van der Waals surface area (Å²) in [7, 11) is -3.49. The Labute approximate surface area is 117 Å². The number of rotatable bonds is 3. The van der Waals surface area contributed by atoms with E-state index >= 15 is 0 Å². The molecule has 0 radical (unpaired) electrons. The summed E-state index contributed by atoms with van der Waals surface area (Å²) in [4.78, 5) is 16.8. The Morgan fingerprint density at radius 1 is 1.32 bits per heavy atom. The van der Waals surface area contributed by atoms with Gasteiger partial charge in [-0.15, -0.1) is 0 Å². The molecule has 0 spiro atoms. The average molecular weight is 306 g/mol. The number of amides is 1. The molecule has 1 N–H and O–H groups in total. The van der Waals surface area contributed by atoms with Gasteiger partial charge in [-0.1, -0.05) is 11.6 Å². The number of carbonyl (C=O) groups excluding carboxylic acids is 1. The van der Waals surface area contributed by atoms with E-state index in [-0.39, 0.29) is 15.5 Å². The van der Waals surface area contributed by atoms with Crippen molar-refractivity contribution in [1.29, 1.82) is 0 Å². The first-order chi connectivity index (χ1) is 8.50. The van der Waals surface area contributed by atoms with Crippen LogP contribution in [0.2, 0.25) is 5.02 Å². The van der Waals surface area contributed by atoms with Crippen LogP contribution in [0, 0.1) is 0 Å². The first kappa shape index (κ1) is 15.9. The molecule has 0 atom stereocenters. The molecule has 0 aliphatic carbocycles. The molecule has 1 aromatic carbocycles. The molecule has 1 aromatic rings. The largest absolute Gasteiger partial charge is 0.274 e. The van der Waals surface area contributed by atoms with Gasteiger partial charge in [0.2, 0.25) is 0 Å². The fourth-order valence-electron chi connectivity index (χ4n) is 1.19. The molecular weight excluding hydrogens is 290 g/mol. The van der Waals surface area contributed by atoms with Gasteiger partial charge in [0.15, 0.2) is 9.84 Å². The SMILES string of the molecule is CC(C)(C)ONC(=O)c1ccc(Cl)c(S(C)(=O)=O)c1. The van der Waals surface area contributed by atoms with Crippen molar-refractivity contribution in [3.63, 3.8) is 0 Å². The summed E-state index contributed by atoms with van der Waals surface area (Å²) < 4.78 is 23.0. The predicted molar refractivity (Wildman–Crippen MR) is 72.9 cm³/mol. The lowest BCUT2D eigenvalue weighted by Gasteiger charge is -2.19. The first-order valence-electron chi connectivity index (χ1n) is 5.49. The van der Waals surface area contributed by atoms with E-state index in [0.717, 1.165) is 6.26 Å². The third-order valence-electron chi connectivity index (χ3n) is 2.04. The molecule has 0 aromatic heterocycles. The molecule has 5 nitrogen and oxygen atoms in total. The van der Waals surface area contributed by atoms with Crippen molar-refractivity contribution in [2.45, 2.75) is 31.3 Å². The van der Waals surface area contributed by atoms with Crippen LogP contribution in [-0.2, 0) is 14.7 Å². The highest BCUT2D eigenvalue weighted by molar-refractivity contribution is 7.90. The molecule has 0 unspecified atom stereocenters. The van der Waals surface area contributed by atoms with Gasteiger partial charge < -0.3 is 0 Å². The van der Waals surface area contributed by atoms with Crippen LogP contribution < -0.4 is 5.48 Å². The van der Waals surface area contributed by atoms with Crippen LogP contribution in [0.5, 0.6) is 0 Å². The number of sulfone groups is 1. The minimum Gasteiger partial charge on any atom is -0.268 e. The maximum atomic E-state index is 11.8. The van der Waals surface area contributed by atoms with Crippen LogP contribution in [-0.4, -0.2) is 26.2 Å². The zero-order valence-electron chi connectivity index (χ0n) is 11.2. The van der Waals surface area contributed by atoms with Crippen molar-refractivity contribution in [1.82, 2.24) is 5.48 Å². The van der Waals surface area contributed by atoms with E-state index < -0.39 is 21.3 Å². The van der Waals surface area contributed by atoms with Crippen molar-refractivity contribution in [3.8, 4) is 0 Å². The second-order valence-electron chi connectivity index (χ2n) is 5.06. The van der Waals surface area contributed by atoms with Crippen LogP contribution in [0.25, 0.3) is 0 Å². The lowest BCUT2D eigenvalue weighted by molar-refractivity contribution is -0.0589. The topological polar surface area (TPSA) is 72.5 Å². The summed E-state index contributed by atoms with van der Waals surface area (Å²) >= 11 is 5.79. The molecule has 0 heterocycles. The van der Waals surface area contributed by atoms with E-state index in [4.69, 9.17) is 16.4 Å². The fraction of sp³-hybridized carbons (Fsp3) is 0.417. The summed E-state index contributed by atoms with van der Waals surface area (Å²) in [5.41, 5.74) is 1.88. The van der Waals surface area contributed by atoms with Crippen molar-refractivity contribution in [3.05, 3.63) is 28.8 Å². The minimum absolute atomic E-state index is 0.0794. The number of benzene rings is 1.